The van der Waals surface area contributed by atoms with E-state index in [0.29, 0.717) is 25.2 Å². The van der Waals surface area contributed by atoms with Crippen LogP contribution in [0.5, 0.6) is 0 Å². The van der Waals surface area contributed by atoms with Crippen molar-refractivity contribution in [3.05, 3.63) is 51.7 Å². The molecule has 0 unspecified atom stereocenters. The van der Waals surface area contributed by atoms with E-state index in [4.69, 9.17) is 0 Å². The van der Waals surface area contributed by atoms with Crippen LogP contribution in [0.3, 0.4) is 0 Å². The Morgan fingerprint density at radius 2 is 2.19 bits per heavy atom. The summed E-state index contributed by atoms with van der Waals surface area (Å²) in [6, 6.07) is 9.32. The third-order valence-electron chi connectivity index (χ3n) is 4.88. The summed E-state index contributed by atoms with van der Waals surface area (Å²) in [7, 11) is 0. The van der Waals surface area contributed by atoms with Gasteiger partial charge in [0.05, 0.1) is 0 Å². The minimum absolute atomic E-state index is 0.0975. The SMILES string of the molecule is O=C(NCCN1CCc2sccc2C1)c1cccc(N2CCNC2=O)c1. The Hall–Kier alpha value is -2.38. The molecule has 136 valence electrons. The van der Waals surface area contributed by atoms with Gasteiger partial charge in [-0.05, 0) is 41.6 Å². The molecule has 26 heavy (non-hydrogen) atoms. The van der Waals surface area contributed by atoms with Crippen LogP contribution in [0.1, 0.15) is 20.8 Å². The number of thiophene rings is 1. The number of amides is 3. The summed E-state index contributed by atoms with van der Waals surface area (Å²) in [6.07, 6.45) is 1.10. The molecule has 0 spiro atoms. The van der Waals surface area contributed by atoms with Crippen LogP contribution in [0, 0.1) is 0 Å². The molecule has 1 aromatic carbocycles. The molecule has 1 saturated heterocycles. The third-order valence-corrected chi connectivity index (χ3v) is 5.90. The van der Waals surface area contributed by atoms with Gasteiger partial charge in [-0.2, -0.15) is 0 Å². The number of benzene rings is 1. The molecule has 6 nitrogen and oxygen atoms in total. The minimum atomic E-state index is -0.111. The molecule has 0 bridgehead atoms. The van der Waals surface area contributed by atoms with Gasteiger partial charge in [-0.1, -0.05) is 6.07 Å². The van der Waals surface area contributed by atoms with Crippen LogP contribution in [0.2, 0.25) is 0 Å². The Morgan fingerprint density at radius 1 is 1.27 bits per heavy atom. The second-order valence-electron chi connectivity index (χ2n) is 6.58. The van der Waals surface area contributed by atoms with Crippen molar-refractivity contribution in [2.75, 3.05) is 37.6 Å². The first kappa shape index (κ1) is 17.1. The molecule has 0 radical (unpaired) electrons. The maximum absolute atomic E-state index is 12.4. The number of carbonyl (C=O) groups excluding carboxylic acids is 2. The van der Waals surface area contributed by atoms with Gasteiger partial charge in [-0.15, -0.1) is 11.3 Å². The van der Waals surface area contributed by atoms with Crippen LogP contribution in [-0.4, -0.2) is 49.6 Å². The Balaban J connectivity index is 1.30. The number of rotatable bonds is 5. The normalized spacial score (nSPS) is 17.1. The second kappa shape index (κ2) is 7.47. The van der Waals surface area contributed by atoms with Crippen LogP contribution in [-0.2, 0) is 13.0 Å². The quantitative estimate of drug-likeness (QED) is 0.847. The lowest BCUT2D eigenvalue weighted by Crippen LogP contribution is -2.37. The van der Waals surface area contributed by atoms with E-state index in [-0.39, 0.29) is 11.9 Å². The highest BCUT2D eigenvalue weighted by atomic mass is 32.1. The van der Waals surface area contributed by atoms with Crippen LogP contribution in [0.4, 0.5) is 10.5 Å². The van der Waals surface area contributed by atoms with Gasteiger partial charge in [0.25, 0.3) is 5.91 Å². The first-order valence-electron chi connectivity index (χ1n) is 8.92. The molecule has 2 aliphatic heterocycles. The van der Waals surface area contributed by atoms with Crippen LogP contribution >= 0.6 is 11.3 Å². The number of carbonyl (C=O) groups is 2. The maximum Gasteiger partial charge on any atom is 0.321 e. The number of fused-ring (bicyclic) bond motifs is 1. The van der Waals surface area contributed by atoms with E-state index < -0.39 is 0 Å². The molecule has 4 rings (SSSR count). The molecule has 0 saturated carbocycles. The lowest BCUT2D eigenvalue weighted by atomic mass is 10.1. The van der Waals surface area contributed by atoms with Crippen molar-refractivity contribution in [3.63, 3.8) is 0 Å². The van der Waals surface area contributed by atoms with Crippen molar-refractivity contribution in [2.45, 2.75) is 13.0 Å². The molecule has 2 N–H and O–H groups in total. The smallest absolute Gasteiger partial charge is 0.321 e. The minimum Gasteiger partial charge on any atom is -0.351 e. The van der Waals surface area contributed by atoms with Crippen molar-refractivity contribution in [2.24, 2.45) is 0 Å². The summed E-state index contributed by atoms with van der Waals surface area (Å²) in [4.78, 5) is 29.8. The summed E-state index contributed by atoms with van der Waals surface area (Å²) in [5, 5.41) is 7.93. The average Bonchev–Trinajstić information content (AvgIpc) is 3.30. The topological polar surface area (TPSA) is 64.7 Å². The molecule has 3 amide bonds. The van der Waals surface area contributed by atoms with E-state index >= 15 is 0 Å². The fourth-order valence-electron chi connectivity index (χ4n) is 3.46. The van der Waals surface area contributed by atoms with Gasteiger partial charge in [0, 0.05) is 55.4 Å². The fraction of sp³-hybridized carbons (Fsp3) is 0.368. The summed E-state index contributed by atoms with van der Waals surface area (Å²) in [5.74, 6) is -0.0975. The van der Waals surface area contributed by atoms with E-state index in [1.165, 1.54) is 10.4 Å². The number of nitrogens with one attached hydrogen (secondary N) is 2. The maximum atomic E-state index is 12.4. The standard InChI is InChI=1S/C19H22N4O2S/c24-18(14-2-1-3-16(12-14)23-10-7-21-19(23)25)20-6-9-22-8-4-17-15(13-22)5-11-26-17/h1-3,5,11-12H,4,6-10,13H2,(H,20,24)(H,21,25). The molecule has 1 aromatic heterocycles. The number of hydrogen-bond donors (Lipinski definition) is 2. The van der Waals surface area contributed by atoms with Crippen LogP contribution in [0.25, 0.3) is 0 Å². The van der Waals surface area contributed by atoms with Gasteiger partial charge < -0.3 is 10.6 Å². The highest BCUT2D eigenvalue weighted by molar-refractivity contribution is 7.10. The summed E-state index contributed by atoms with van der Waals surface area (Å²) in [5.41, 5.74) is 2.76. The lowest BCUT2D eigenvalue weighted by Gasteiger charge is -2.26. The van der Waals surface area contributed by atoms with E-state index in [2.05, 4.69) is 27.0 Å². The first-order valence-corrected chi connectivity index (χ1v) is 9.80. The molecule has 7 heteroatoms. The van der Waals surface area contributed by atoms with E-state index in [1.807, 2.05) is 23.5 Å². The summed E-state index contributed by atoms with van der Waals surface area (Å²) >= 11 is 1.84. The van der Waals surface area contributed by atoms with Gasteiger partial charge >= 0.3 is 6.03 Å². The summed E-state index contributed by atoms with van der Waals surface area (Å²) in [6.45, 7) is 4.74. The van der Waals surface area contributed by atoms with Crippen molar-refractivity contribution >= 4 is 29.0 Å². The molecule has 0 aliphatic carbocycles. The molecular weight excluding hydrogens is 348 g/mol. The molecule has 0 atom stereocenters. The second-order valence-corrected chi connectivity index (χ2v) is 7.59. The molecule has 1 fully saturated rings. The van der Waals surface area contributed by atoms with Crippen LogP contribution in [0.15, 0.2) is 35.7 Å². The molecule has 3 heterocycles. The number of urea groups is 1. The Labute approximate surface area is 156 Å². The molecule has 2 aliphatic rings. The third kappa shape index (κ3) is 3.59. The van der Waals surface area contributed by atoms with Crippen molar-refractivity contribution in [1.82, 2.24) is 15.5 Å². The van der Waals surface area contributed by atoms with Gasteiger partial charge in [0.2, 0.25) is 0 Å². The Morgan fingerprint density at radius 3 is 3.04 bits per heavy atom. The van der Waals surface area contributed by atoms with E-state index in [0.717, 1.165) is 31.7 Å². The highest BCUT2D eigenvalue weighted by Crippen LogP contribution is 2.23. The summed E-state index contributed by atoms with van der Waals surface area (Å²) < 4.78 is 0. The van der Waals surface area contributed by atoms with Crippen molar-refractivity contribution < 1.29 is 9.59 Å². The zero-order valence-corrected chi connectivity index (χ0v) is 15.3. The van der Waals surface area contributed by atoms with Gasteiger partial charge in [-0.3, -0.25) is 14.6 Å². The van der Waals surface area contributed by atoms with Gasteiger partial charge in [0.15, 0.2) is 0 Å². The zero-order chi connectivity index (χ0) is 17.9. The first-order chi connectivity index (χ1) is 12.7. The largest absolute Gasteiger partial charge is 0.351 e. The van der Waals surface area contributed by atoms with Crippen molar-refractivity contribution in [1.29, 1.82) is 0 Å². The fourth-order valence-corrected chi connectivity index (χ4v) is 4.35. The van der Waals surface area contributed by atoms with E-state index in [9.17, 15) is 9.59 Å². The molecule has 2 aromatic rings. The predicted molar refractivity (Wildman–Crippen MR) is 103 cm³/mol. The van der Waals surface area contributed by atoms with Crippen molar-refractivity contribution in [3.8, 4) is 0 Å². The van der Waals surface area contributed by atoms with Gasteiger partial charge in [0.1, 0.15) is 0 Å². The number of hydrogen-bond acceptors (Lipinski definition) is 4. The van der Waals surface area contributed by atoms with E-state index in [1.54, 1.807) is 17.0 Å². The monoisotopic (exact) mass is 370 g/mol. The van der Waals surface area contributed by atoms with Crippen LogP contribution < -0.4 is 15.5 Å². The number of anilines is 1. The number of nitrogens with zero attached hydrogens (tertiary/aromatic N) is 2. The average molecular weight is 370 g/mol. The zero-order valence-electron chi connectivity index (χ0n) is 14.5. The Kier molecular flexibility index (Phi) is 4.90. The van der Waals surface area contributed by atoms with Gasteiger partial charge in [-0.25, -0.2) is 4.79 Å². The molecular formula is C19H22N4O2S. The lowest BCUT2D eigenvalue weighted by molar-refractivity contribution is 0.0947. The Bertz CT molecular complexity index is 819. The predicted octanol–water partition coefficient (Wildman–Crippen LogP) is 2.07. The highest BCUT2D eigenvalue weighted by Gasteiger charge is 2.22.